The number of amides is 1. The molecule has 0 aliphatic rings. The van der Waals surface area contributed by atoms with Gasteiger partial charge in [-0.05, 0) is 30.7 Å². The number of aromatic nitrogens is 1. The summed E-state index contributed by atoms with van der Waals surface area (Å²) >= 11 is 5.63. The van der Waals surface area contributed by atoms with Crippen molar-refractivity contribution in [3.05, 3.63) is 58.4 Å². The number of rotatable bonds is 2. The fourth-order valence-corrected chi connectivity index (χ4v) is 2.07. The molecule has 0 aliphatic heterocycles. The standard InChI is InChI=1S/C14H10ClF3N2O/c1-8-2-3-10(15)11(14(16,17)18)12(8)20-13(21)9-4-6-19-7-5-9/h2-7H,1H3,(H,20,21). The number of carbonyl (C=O) groups excluding carboxylic acids is 1. The number of hydrogen-bond donors (Lipinski definition) is 1. The number of hydrogen-bond acceptors (Lipinski definition) is 2. The van der Waals surface area contributed by atoms with Gasteiger partial charge in [0.1, 0.15) is 0 Å². The summed E-state index contributed by atoms with van der Waals surface area (Å²) < 4.78 is 39.3. The van der Waals surface area contributed by atoms with Crippen molar-refractivity contribution in [2.45, 2.75) is 13.1 Å². The average Bonchev–Trinajstić information content (AvgIpc) is 2.42. The highest BCUT2D eigenvalue weighted by Crippen LogP contribution is 2.41. The molecule has 0 saturated heterocycles. The molecule has 0 radical (unpaired) electrons. The third-order valence-electron chi connectivity index (χ3n) is 2.83. The van der Waals surface area contributed by atoms with Crippen molar-refractivity contribution in [2.75, 3.05) is 5.32 Å². The third kappa shape index (κ3) is 3.33. The molecule has 1 amide bonds. The van der Waals surface area contributed by atoms with Crippen LogP contribution in [-0.4, -0.2) is 10.9 Å². The van der Waals surface area contributed by atoms with Crippen LogP contribution in [0.1, 0.15) is 21.5 Å². The predicted molar refractivity (Wildman–Crippen MR) is 73.4 cm³/mol. The van der Waals surface area contributed by atoms with Crippen molar-refractivity contribution < 1.29 is 18.0 Å². The molecule has 2 rings (SSSR count). The monoisotopic (exact) mass is 314 g/mol. The molecule has 110 valence electrons. The Kier molecular flexibility index (Phi) is 4.18. The second-order valence-corrected chi connectivity index (χ2v) is 4.71. The topological polar surface area (TPSA) is 42.0 Å². The van der Waals surface area contributed by atoms with Crippen LogP contribution in [0.25, 0.3) is 0 Å². The SMILES string of the molecule is Cc1ccc(Cl)c(C(F)(F)F)c1NC(=O)c1ccncc1. The number of pyridine rings is 1. The van der Waals surface area contributed by atoms with Crippen LogP contribution in [0.4, 0.5) is 18.9 Å². The lowest BCUT2D eigenvalue weighted by atomic mass is 10.1. The van der Waals surface area contributed by atoms with E-state index in [0.29, 0.717) is 0 Å². The molecular formula is C14H10ClF3N2O. The van der Waals surface area contributed by atoms with Crippen LogP contribution in [0.15, 0.2) is 36.7 Å². The van der Waals surface area contributed by atoms with Crippen LogP contribution in [0.3, 0.4) is 0 Å². The lowest BCUT2D eigenvalue weighted by Crippen LogP contribution is -2.18. The van der Waals surface area contributed by atoms with Crippen LogP contribution >= 0.6 is 11.6 Å². The van der Waals surface area contributed by atoms with Gasteiger partial charge >= 0.3 is 6.18 Å². The molecule has 0 atom stereocenters. The number of benzene rings is 1. The van der Waals surface area contributed by atoms with Gasteiger partial charge in [-0.2, -0.15) is 13.2 Å². The summed E-state index contributed by atoms with van der Waals surface area (Å²) in [6, 6.07) is 5.38. The lowest BCUT2D eigenvalue weighted by Gasteiger charge is -2.17. The molecule has 1 heterocycles. The molecular weight excluding hydrogens is 305 g/mol. The highest BCUT2D eigenvalue weighted by Gasteiger charge is 2.37. The Bertz CT molecular complexity index is 672. The number of aryl methyl sites for hydroxylation is 1. The summed E-state index contributed by atoms with van der Waals surface area (Å²) in [5, 5.41) is 1.81. The van der Waals surface area contributed by atoms with E-state index in [0.717, 1.165) is 6.07 Å². The van der Waals surface area contributed by atoms with E-state index in [2.05, 4.69) is 10.3 Å². The summed E-state index contributed by atoms with van der Waals surface area (Å²) in [5.74, 6) is -0.659. The van der Waals surface area contributed by atoms with Gasteiger partial charge in [0.25, 0.3) is 5.91 Å². The van der Waals surface area contributed by atoms with Crippen molar-refractivity contribution in [3.63, 3.8) is 0 Å². The van der Waals surface area contributed by atoms with Gasteiger partial charge in [-0.25, -0.2) is 0 Å². The number of carbonyl (C=O) groups is 1. The van der Waals surface area contributed by atoms with Crippen LogP contribution in [-0.2, 0) is 6.18 Å². The van der Waals surface area contributed by atoms with E-state index in [1.54, 1.807) is 0 Å². The molecule has 21 heavy (non-hydrogen) atoms. The average molecular weight is 315 g/mol. The fourth-order valence-electron chi connectivity index (χ4n) is 1.81. The number of halogens is 4. The van der Waals surface area contributed by atoms with Gasteiger partial charge in [0, 0.05) is 18.0 Å². The molecule has 1 N–H and O–H groups in total. The molecule has 0 fully saturated rings. The zero-order valence-corrected chi connectivity index (χ0v) is 11.6. The van der Waals surface area contributed by atoms with E-state index in [4.69, 9.17) is 11.6 Å². The first-order valence-corrected chi connectivity index (χ1v) is 6.26. The normalized spacial score (nSPS) is 11.3. The maximum absolute atomic E-state index is 13.1. The Morgan fingerprint density at radius 3 is 2.38 bits per heavy atom. The zero-order valence-electron chi connectivity index (χ0n) is 10.8. The van der Waals surface area contributed by atoms with Crippen LogP contribution < -0.4 is 5.32 Å². The number of nitrogens with zero attached hydrogens (tertiary/aromatic N) is 1. The Labute approximate surface area is 123 Å². The van der Waals surface area contributed by atoms with E-state index < -0.39 is 22.7 Å². The van der Waals surface area contributed by atoms with Gasteiger partial charge in [-0.3, -0.25) is 9.78 Å². The van der Waals surface area contributed by atoms with Crippen molar-refractivity contribution in [2.24, 2.45) is 0 Å². The molecule has 1 aromatic heterocycles. The minimum Gasteiger partial charge on any atom is -0.321 e. The smallest absolute Gasteiger partial charge is 0.321 e. The van der Waals surface area contributed by atoms with Crippen LogP contribution in [0.5, 0.6) is 0 Å². The summed E-state index contributed by atoms with van der Waals surface area (Å²) in [4.78, 5) is 15.7. The highest BCUT2D eigenvalue weighted by molar-refractivity contribution is 6.32. The first kappa shape index (κ1) is 15.3. The molecule has 3 nitrogen and oxygen atoms in total. The first-order valence-electron chi connectivity index (χ1n) is 5.88. The molecule has 0 aliphatic carbocycles. The maximum Gasteiger partial charge on any atom is 0.419 e. The summed E-state index contributed by atoms with van der Waals surface area (Å²) in [6.45, 7) is 1.47. The number of anilines is 1. The summed E-state index contributed by atoms with van der Waals surface area (Å²) in [7, 11) is 0. The van der Waals surface area contributed by atoms with E-state index in [-0.39, 0.29) is 16.8 Å². The third-order valence-corrected chi connectivity index (χ3v) is 3.14. The van der Waals surface area contributed by atoms with Crippen LogP contribution in [0, 0.1) is 6.92 Å². The summed E-state index contributed by atoms with van der Waals surface area (Å²) in [6.07, 6.45) is -1.90. The van der Waals surface area contributed by atoms with Gasteiger partial charge in [-0.15, -0.1) is 0 Å². The molecule has 1 aromatic carbocycles. The number of nitrogens with one attached hydrogen (secondary N) is 1. The van der Waals surface area contributed by atoms with Crippen LogP contribution in [0.2, 0.25) is 5.02 Å². The minimum absolute atomic E-state index is 0.206. The quantitative estimate of drug-likeness (QED) is 0.897. The summed E-state index contributed by atoms with van der Waals surface area (Å²) in [5.41, 5.74) is -0.907. The van der Waals surface area contributed by atoms with Crippen molar-refractivity contribution in [1.82, 2.24) is 4.98 Å². The van der Waals surface area contributed by atoms with Gasteiger partial charge < -0.3 is 5.32 Å². The second-order valence-electron chi connectivity index (χ2n) is 4.30. The molecule has 7 heteroatoms. The van der Waals surface area contributed by atoms with Gasteiger partial charge in [0.05, 0.1) is 16.3 Å². The lowest BCUT2D eigenvalue weighted by molar-refractivity contribution is -0.136. The maximum atomic E-state index is 13.1. The molecule has 2 aromatic rings. The molecule has 0 bridgehead atoms. The first-order chi connectivity index (χ1) is 9.80. The second kappa shape index (κ2) is 5.73. The fraction of sp³-hybridized carbons (Fsp3) is 0.143. The van der Waals surface area contributed by atoms with E-state index >= 15 is 0 Å². The Hall–Kier alpha value is -2.08. The van der Waals surface area contributed by atoms with Gasteiger partial charge in [0.15, 0.2) is 0 Å². The van der Waals surface area contributed by atoms with E-state index in [1.807, 2.05) is 0 Å². The van der Waals surface area contributed by atoms with Crippen molar-refractivity contribution in [3.8, 4) is 0 Å². The molecule has 0 spiro atoms. The van der Waals surface area contributed by atoms with E-state index in [9.17, 15) is 18.0 Å². The molecule has 0 saturated carbocycles. The Morgan fingerprint density at radius 2 is 1.81 bits per heavy atom. The minimum atomic E-state index is -4.66. The largest absolute Gasteiger partial charge is 0.419 e. The number of alkyl halides is 3. The van der Waals surface area contributed by atoms with Gasteiger partial charge in [-0.1, -0.05) is 17.7 Å². The zero-order chi connectivity index (χ0) is 15.6. The van der Waals surface area contributed by atoms with Gasteiger partial charge in [0.2, 0.25) is 0 Å². The molecule has 0 unspecified atom stereocenters. The predicted octanol–water partition coefficient (Wildman–Crippen LogP) is 4.31. The Balaban J connectivity index is 2.45. The van der Waals surface area contributed by atoms with Crippen molar-refractivity contribution >= 4 is 23.2 Å². The van der Waals surface area contributed by atoms with Crippen molar-refractivity contribution in [1.29, 1.82) is 0 Å². The highest BCUT2D eigenvalue weighted by atomic mass is 35.5. The van der Waals surface area contributed by atoms with E-state index in [1.165, 1.54) is 37.5 Å². The Morgan fingerprint density at radius 1 is 1.19 bits per heavy atom.